The van der Waals surface area contributed by atoms with Crippen molar-refractivity contribution < 1.29 is 14.0 Å². The first-order valence-electron chi connectivity index (χ1n) is 9.42. The molecule has 3 aromatic rings. The quantitative estimate of drug-likeness (QED) is 0.674. The van der Waals surface area contributed by atoms with Gasteiger partial charge in [0.25, 0.3) is 0 Å². The van der Waals surface area contributed by atoms with Crippen LogP contribution in [-0.2, 0) is 22.4 Å². The number of aryl methyl sites for hydroxylation is 1. The summed E-state index contributed by atoms with van der Waals surface area (Å²) in [6.45, 7) is 2.24. The summed E-state index contributed by atoms with van der Waals surface area (Å²) >= 11 is 6.18. The largest absolute Gasteiger partial charge is 0.441 e. The lowest BCUT2D eigenvalue weighted by atomic mass is 10.1. The molecule has 4 rings (SSSR count). The minimum Gasteiger partial charge on any atom is -0.441 e. The van der Waals surface area contributed by atoms with Crippen molar-refractivity contribution >= 4 is 34.8 Å². The van der Waals surface area contributed by atoms with Crippen LogP contribution in [0.25, 0.3) is 11.3 Å². The molecule has 0 spiro atoms. The molecule has 1 aromatic heterocycles. The number of carbonyl (C=O) groups is 2. The zero-order valence-corrected chi connectivity index (χ0v) is 16.7. The second-order valence-electron chi connectivity index (χ2n) is 6.91. The van der Waals surface area contributed by atoms with Gasteiger partial charge in [0.05, 0.1) is 11.2 Å². The maximum atomic E-state index is 12.3. The molecule has 0 fully saturated rings. The van der Waals surface area contributed by atoms with Gasteiger partial charge in [-0.2, -0.15) is 0 Å². The second kappa shape index (κ2) is 8.09. The molecule has 2 aromatic carbocycles. The molecule has 1 N–H and O–H groups in total. The average molecular weight is 410 g/mol. The Labute approximate surface area is 173 Å². The van der Waals surface area contributed by atoms with Crippen LogP contribution < -0.4 is 10.2 Å². The highest BCUT2D eigenvalue weighted by atomic mass is 35.5. The van der Waals surface area contributed by atoms with E-state index in [0.29, 0.717) is 29.6 Å². The van der Waals surface area contributed by atoms with Gasteiger partial charge in [-0.3, -0.25) is 9.59 Å². The molecule has 29 heavy (non-hydrogen) atoms. The number of fused-ring (bicyclic) bond motifs is 1. The van der Waals surface area contributed by atoms with E-state index in [1.165, 1.54) is 0 Å². The number of hydrogen-bond donors (Lipinski definition) is 1. The van der Waals surface area contributed by atoms with E-state index in [4.69, 9.17) is 16.0 Å². The van der Waals surface area contributed by atoms with Gasteiger partial charge in [0.1, 0.15) is 0 Å². The highest BCUT2D eigenvalue weighted by Crippen LogP contribution is 2.31. The van der Waals surface area contributed by atoms with E-state index in [1.54, 1.807) is 24.1 Å². The number of nitrogens with one attached hydrogen (secondary N) is 1. The summed E-state index contributed by atoms with van der Waals surface area (Å²) in [7, 11) is 0. The van der Waals surface area contributed by atoms with Gasteiger partial charge in [-0.15, -0.1) is 0 Å². The number of benzene rings is 2. The van der Waals surface area contributed by atoms with E-state index in [0.717, 1.165) is 28.9 Å². The summed E-state index contributed by atoms with van der Waals surface area (Å²) in [5.41, 5.74) is 3.48. The lowest BCUT2D eigenvalue weighted by Gasteiger charge is -2.15. The third-order valence-corrected chi connectivity index (χ3v) is 5.23. The van der Waals surface area contributed by atoms with Crippen LogP contribution in [0.1, 0.15) is 24.8 Å². The monoisotopic (exact) mass is 409 g/mol. The van der Waals surface area contributed by atoms with Gasteiger partial charge in [-0.05, 0) is 42.3 Å². The van der Waals surface area contributed by atoms with Crippen molar-refractivity contribution in [3.8, 4) is 11.3 Å². The Balaban J connectivity index is 1.36. The molecule has 2 heterocycles. The topological polar surface area (TPSA) is 75.4 Å². The van der Waals surface area contributed by atoms with Crippen LogP contribution in [0.15, 0.2) is 53.1 Å². The molecule has 0 bridgehead atoms. The maximum Gasteiger partial charge on any atom is 0.224 e. The van der Waals surface area contributed by atoms with Crippen LogP contribution in [0.5, 0.6) is 0 Å². The van der Waals surface area contributed by atoms with Crippen molar-refractivity contribution in [1.82, 2.24) is 4.98 Å². The van der Waals surface area contributed by atoms with Crippen molar-refractivity contribution in [1.29, 1.82) is 0 Å². The molecule has 0 atom stereocenters. The van der Waals surface area contributed by atoms with E-state index in [2.05, 4.69) is 10.3 Å². The summed E-state index contributed by atoms with van der Waals surface area (Å²) in [5.74, 6) is 0.979. The fourth-order valence-corrected chi connectivity index (χ4v) is 3.69. The molecule has 0 unspecified atom stereocenters. The molecular formula is C22H20ClN3O3. The fourth-order valence-electron chi connectivity index (χ4n) is 3.46. The molecular weight excluding hydrogens is 390 g/mol. The average Bonchev–Trinajstić information content (AvgIpc) is 3.33. The Morgan fingerprint density at radius 2 is 2.07 bits per heavy atom. The van der Waals surface area contributed by atoms with E-state index >= 15 is 0 Å². The van der Waals surface area contributed by atoms with Crippen molar-refractivity contribution in [3.63, 3.8) is 0 Å². The van der Waals surface area contributed by atoms with Gasteiger partial charge in [0.15, 0.2) is 11.7 Å². The summed E-state index contributed by atoms with van der Waals surface area (Å²) < 4.78 is 5.73. The highest BCUT2D eigenvalue weighted by Gasteiger charge is 2.22. The molecule has 0 saturated carbocycles. The molecule has 7 heteroatoms. The summed E-state index contributed by atoms with van der Waals surface area (Å²) in [6, 6.07) is 13.0. The summed E-state index contributed by atoms with van der Waals surface area (Å²) in [4.78, 5) is 30.0. The Hall–Kier alpha value is -3.12. The van der Waals surface area contributed by atoms with Crippen LogP contribution >= 0.6 is 11.6 Å². The van der Waals surface area contributed by atoms with Crippen LogP contribution in [0, 0.1) is 0 Å². The Morgan fingerprint density at radius 3 is 2.86 bits per heavy atom. The number of nitrogens with zero attached hydrogens (tertiary/aromatic N) is 2. The lowest BCUT2D eigenvalue weighted by molar-refractivity contribution is -0.117. The minimum atomic E-state index is -0.121. The number of hydrogen-bond acceptors (Lipinski definition) is 4. The predicted octanol–water partition coefficient (Wildman–Crippen LogP) is 4.48. The first kappa shape index (κ1) is 19.2. The Morgan fingerprint density at radius 1 is 1.24 bits per heavy atom. The Bertz CT molecular complexity index is 1080. The molecule has 0 aliphatic carbocycles. The molecule has 6 nitrogen and oxygen atoms in total. The van der Waals surface area contributed by atoms with E-state index in [-0.39, 0.29) is 18.2 Å². The molecule has 1 aliphatic heterocycles. The fraction of sp³-hybridized carbons (Fsp3) is 0.227. The molecule has 0 saturated heterocycles. The van der Waals surface area contributed by atoms with E-state index in [1.807, 2.05) is 36.4 Å². The highest BCUT2D eigenvalue weighted by molar-refractivity contribution is 6.33. The number of anilines is 2. The summed E-state index contributed by atoms with van der Waals surface area (Å²) in [5, 5.41) is 3.49. The van der Waals surface area contributed by atoms with Gasteiger partial charge in [0, 0.05) is 43.2 Å². The normalized spacial score (nSPS) is 12.7. The first-order chi connectivity index (χ1) is 14.0. The maximum absolute atomic E-state index is 12.3. The standard InChI is InChI=1S/C22H20ClN3O3/c1-14(27)26-11-10-15-12-16(6-7-19(15)26)25-21(28)8-9-22-24-13-20(29-22)17-4-2-3-5-18(17)23/h2-7,12-13H,8-11H2,1H3,(H,25,28). The first-order valence-corrected chi connectivity index (χ1v) is 9.79. The number of amides is 2. The van der Waals surface area contributed by atoms with Crippen LogP contribution in [0.3, 0.4) is 0 Å². The van der Waals surface area contributed by atoms with Crippen molar-refractivity contribution in [2.24, 2.45) is 0 Å². The smallest absolute Gasteiger partial charge is 0.224 e. The van der Waals surface area contributed by atoms with Gasteiger partial charge in [-0.1, -0.05) is 23.7 Å². The number of aromatic nitrogens is 1. The number of oxazole rings is 1. The van der Waals surface area contributed by atoms with Gasteiger partial charge in [-0.25, -0.2) is 4.98 Å². The lowest BCUT2D eigenvalue weighted by Crippen LogP contribution is -2.25. The minimum absolute atomic E-state index is 0.0302. The predicted molar refractivity (Wildman–Crippen MR) is 112 cm³/mol. The second-order valence-corrected chi connectivity index (χ2v) is 7.32. The van der Waals surface area contributed by atoms with E-state index < -0.39 is 0 Å². The van der Waals surface area contributed by atoms with Crippen molar-refractivity contribution in [2.45, 2.75) is 26.2 Å². The Kier molecular flexibility index (Phi) is 5.36. The van der Waals surface area contributed by atoms with Crippen LogP contribution in [0.2, 0.25) is 5.02 Å². The van der Waals surface area contributed by atoms with Gasteiger partial charge >= 0.3 is 0 Å². The van der Waals surface area contributed by atoms with Gasteiger partial charge < -0.3 is 14.6 Å². The van der Waals surface area contributed by atoms with Crippen molar-refractivity contribution in [3.05, 3.63) is 65.1 Å². The summed E-state index contributed by atoms with van der Waals surface area (Å²) in [6.07, 6.45) is 3.05. The number of carbonyl (C=O) groups excluding carboxylic acids is 2. The third-order valence-electron chi connectivity index (χ3n) is 4.90. The zero-order chi connectivity index (χ0) is 20.4. The SMILES string of the molecule is CC(=O)N1CCc2cc(NC(=O)CCc3ncc(-c4ccccc4Cl)o3)ccc21. The van der Waals surface area contributed by atoms with Crippen LogP contribution in [-0.4, -0.2) is 23.3 Å². The zero-order valence-electron chi connectivity index (χ0n) is 15.9. The molecule has 2 amide bonds. The molecule has 1 aliphatic rings. The third kappa shape index (κ3) is 4.17. The molecule has 148 valence electrons. The van der Waals surface area contributed by atoms with E-state index in [9.17, 15) is 9.59 Å². The number of rotatable bonds is 5. The van der Waals surface area contributed by atoms with Gasteiger partial charge in [0.2, 0.25) is 11.8 Å². The molecule has 0 radical (unpaired) electrons. The van der Waals surface area contributed by atoms with Crippen LogP contribution in [0.4, 0.5) is 11.4 Å². The van der Waals surface area contributed by atoms with Crippen molar-refractivity contribution in [2.75, 3.05) is 16.8 Å². The number of halogens is 1.